The van der Waals surface area contributed by atoms with Gasteiger partial charge in [-0.1, -0.05) is 0 Å². The van der Waals surface area contributed by atoms with E-state index in [0.29, 0.717) is 6.04 Å². The van der Waals surface area contributed by atoms with Gasteiger partial charge in [0.15, 0.2) is 0 Å². The Morgan fingerprint density at radius 1 is 0.654 bits per heavy atom. The summed E-state index contributed by atoms with van der Waals surface area (Å²) in [4.78, 5) is 11.0. The molecule has 0 saturated carbocycles. The highest BCUT2D eigenvalue weighted by Crippen LogP contribution is 2.34. The highest BCUT2D eigenvalue weighted by molar-refractivity contribution is 5.02. The zero-order valence-corrected chi connectivity index (χ0v) is 18.3. The average molecular weight is 365 g/mol. The molecule has 3 rings (SSSR count). The summed E-state index contributed by atoms with van der Waals surface area (Å²) in [6.07, 6.45) is 5.45. The van der Waals surface area contributed by atoms with Crippen molar-refractivity contribution in [2.45, 2.75) is 103 Å². The topological polar surface area (TPSA) is 13.0 Å². The zero-order chi connectivity index (χ0) is 18.8. The maximum absolute atomic E-state index is 2.83. The van der Waals surface area contributed by atoms with Gasteiger partial charge >= 0.3 is 0 Å². The van der Waals surface area contributed by atoms with Gasteiger partial charge in [0, 0.05) is 62.4 Å². The van der Waals surface area contributed by atoms with E-state index in [0.717, 1.165) is 30.2 Å². The molecule has 4 heteroatoms. The molecule has 4 unspecified atom stereocenters. The van der Waals surface area contributed by atoms with E-state index in [1.165, 1.54) is 65.0 Å². The van der Waals surface area contributed by atoms with Crippen LogP contribution in [0.2, 0.25) is 0 Å². The van der Waals surface area contributed by atoms with Crippen LogP contribution in [-0.2, 0) is 0 Å². The predicted molar refractivity (Wildman–Crippen MR) is 112 cm³/mol. The van der Waals surface area contributed by atoms with Gasteiger partial charge in [0.2, 0.25) is 0 Å². The highest BCUT2D eigenvalue weighted by atomic mass is 15.4. The summed E-state index contributed by atoms with van der Waals surface area (Å²) < 4.78 is 0. The first kappa shape index (κ1) is 20.6. The number of likely N-dealkylation sites (tertiary alicyclic amines) is 2. The van der Waals surface area contributed by atoms with Gasteiger partial charge in [-0.15, -0.1) is 0 Å². The van der Waals surface area contributed by atoms with Crippen molar-refractivity contribution >= 4 is 0 Å². The van der Waals surface area contributed by atoms with Gasteiger partial charge in [-0.05, 0) is 80.3 Å². The van der Waals surface area contributed by atoms with Crippen LogP contribution in [0.4, 0.5) is 0 Å². The maximum Gasteiger partial charge on any atom is 0.0242 e. The molecule has 4 nitrogen and oxygen atoms in total. The molecule has 3 fully saturated rings. The maximum atomic E-state index is 2.83. The molecule has 0 spiro atoms. The van der Waals surface area contributed by atoms with Gasteiger partial charge < -0.3 is 0 Å². The Morgan fingerprint density at radius 3 is 1.85 bits per heavy atom. The normalized spacial score (nSPS) is 31.8. The Balaban J connectivity index is 1.42. The van der Waals surface area contributed by atoms with Crippen molar-refractivity contribution in [2.75, 3.05) is 39.3 Å². The first-order chi connectivity index (χ1) is 12.4. The van der Waals surface area contributed by atoms with Crippen LogP contribution in [-0.4, -0.2) is 95.1 Å². The smallest absolute Gasteiger partial charge is 0.0242 e. The summed E-state index contributed by atoms with van der Waals surface area (Å²) in [6.45, 7) is 22.0. The van der Waals surface area contributed by atoms with Gasteiger partial charge in [-0.25, -0.2) is 0 Å². The van der Waals surface area contributed by atoms with Crippen molar-refractivity contribution in [2.24, 2.45) is 0 Å². The highest BCUT2D eigenvalue weighted by Gasteiger charge is 2.45. The minimum atomic E-state index is 0.696. The van der Waals surface area contributed by atoms with Gasteiger partial charge in [0.1, 0.15) is 0 Å². The third-order valence-electron chi connectivity index (χ3n) is 7.48. The first-order valence-corrected chi connectivity index (χ1v) is 11.4. The van der Waals surface area contributed by atoms with Crippen LogP contribution in [0.3, 0.4) is 0 Å². The van der Waals surface area contributed by atoms with Crippen molar-refractivity contribution in [3.05, 3.63) is 0 Å². The minimum absolute atomic E-state index is 0.696. The van der Waals surface area contributed by atoms with Gasteiger partial charge in [0.25, 0.3) is 0 Å². The van der Waals surface area contributed by atoms with E-state index >= 15 is 0 Å². The summed E-state index contributed by atoms with van der Waals surface area (Å²) in [7, 11) is 0. The van der Waals surface area contributed by atoms with Gasteiger partial charge in [-0.3, -0.25) is 19.6 Å². The van der Waals surface area contributed by atoms with Crippen LogP contribution in [0.5, 0.6) is 0 Å². The molecule has 3 heterocycles. The molecule has 0 aliphatic carbocycles. The van der Waals surface area contributed by atoms with E-state index in [9.17, 15) is 0 Å². The van der Waals surface area contributed by atoms with Gasteiger partial charge in [-0.2, -0.15) is 0 Å². The lowest BCUT2D eigenvalue weighted by molar-refractivity contribution is 0.0727. The number of fused-ring (bicyclic) bond motifs is 2. The lowest BCUT2D eigenvalue weighted by Crippen LogP contribution is -2.51. The minimum Gasteiger partial charge on any atom is -0.300 e. The third-order valence-corrected chi connectivity index (χ3v) is 7.48. The molecule has 0 radical (unpaired) electrons. The number of nitrogens with zero attached hydrogens (tertiary/aromatic N) is 4. The Morgan fingerprint density at radius 2 is 1.23 bits per heavy atom. The molecule has 0 N–H and O–H groups in total. The van der Waals surface area contributed by atoms with E-state index in [-0.39, 0.29) is 0 Å². The summed E-state index contributed by atoms with van der Waals surface area (Å²) in [6, 6.07) is 4.55. The van der Waals surface area contributed by atoms with Crippen molar-refractivity contribution in [3.8, 4) is 0 Å². The average Bonchev–Trinajstić information content (AvgIpc) is 3.11. The number of hydrogen-bond donors (Lipinski definition) is 0. The second-order valence-electron chi connectivity index (χ2n) is 9.83. The molecule has 3 aliphatic heterocycles. The van der Waals surface area contributed by atoms with E-state index in [1.807, 2.05) is 0 Å². The fourth-order valence-electron chi connectivity index (χ4n) is 5.65. The predicted octanol–water partition coefficient (Wildman–Crippen LogP) is 3.13. The third kappa shape index (κ3) is 4.63. The SMILES string of the molecule is CC(C)N1CCCN(C(C)CCC(C)N2CC3CC2CN3C(C)C)CC1. The lowest BCUT2D eigenvalue weighted by atomic mass is 10.0. The largest absolute Gasteiger partial charge is 0.300 e. The van der Waals surface area contributed by atoms with E-state index in [1.54, 1.807) is 0 Å². The van der Waals surface area contributed by atoms with E-state index in [2.05, 4.69) is 61.1 Å². The Labute approximate surface area is 162 Å². The Bertz CT molecular complexity index is 438. The van der Waals surface area contributed by atoms with Crippen LogP contribution < -0.4 is 0 Å². The monoisotopic (exact) mass is 364 g/mol. The molecular weight excluding hydrogens is 320 g/mol. The van der Waals surface area contributed by atoms with Crippen LogP contribution in [0, 0.1) is 0 Å². The number of rotatable bonds is 7. The van der Waals surface area contributed by atoms with Gasteiger partial charge in [0.05, 0.1) is 0 Å². The zero-order valence-electron chi connectivity index (χ0n) is 18.3. The van der Waals surface area contributed by atoms with Crippen molar-refractivity contribution in [1.29, 1.82) is 0 Å². The molecular formula is C22H44N4. The fourth-order valence-corrected chi connectivity index (χ4v) is 5.65. The van der Waals surface area contributed by atoms with Crippen molar-refractivity contribution in [1.82, 2.24) is 19.6 Å². The van der Waals surface area contributed by atoms with E-state index < -0.39 is 0 Å². The first-order valence-electron chi connectivity index (χ1n) is 11.4. The molecule has 26 heavy (non-hydrogen) atoms. The van der Waals surface area contributed by atoms with Crippen molar-refractivity contribution in [3.63, 3.8) is 0 Å². The lowest BCUT2D eigenvalue weighted by Gasteiger charge is -2.40. The second kappa shape index (κ2) is 8.89. The Hall–Kier alpha value is -0.160. The molecule has 4 atom stereocenters. The number of piperazine rings is 1. The summed E-state index contributed by atoms with van der Waals surface area (Å²) in [5.41, 5.74) is 0. The molecule has 3 aliphatic rings. The second-order valence-corrected chi connectivity index (χ2v) is 9.83. The molecule has 0 aromatic carbocycles. The summed E-state index contributed by atoms with van der Waals surface area (Å²) >= 11 is 0. The molecule has 0 amide bonds. The summed E-state index contributed by atoms with van der Waals surface area (Å²) in [5, 5.41) is 0. The molecule has 152 valence electrons. The van der Waals surface area contributed by atoms with Crippen LogP contribution >= 0.6 is 0 Å². The number of hydrogen-bond acceptors (Lipinski definition) is 4. The van der Waals surface area contributed by atoms with E-state index in [4.69, 9.17) is 0 Å². The summed E-state index contributed by atoms with van der Waals surface area (Å²) in [5.74, 6) is 0. The van der Waals surface area contributed by atoms with Crippen molar-refractivity contribution < 1.29 is 0 Å². The molecule has 2 bridgehead atoms. The molecule has 0 aromatic rings. The van der Waals surface area contributed by atoms with Crippen LogP contribution in [0.25, 0.3) is 0 Å². The molecule has 0 aromatic heterocycles. The Kier molecular flexibility index (Phi) is 7.04. The van der Waals surface area contributed by atoms with Crippen LogP contribution in [0.1, 0.15) is 67.2 Å². The van der Waals surface area contributed by atoms with Crippen LogP contribution in [0.15, 0.2) is 0 Å². The quantitative estimate of drug-likeness (QED) is 0.688. The standard InChI is InChI=1S/C22H44N4/c1-17(2)23-10-7-11-24(13-12-23)19(5)8-9-20(6)26-16-21-14-22(26)15-25(21)18(3)4/h17-22H,7-16H2,1-6H3. The molecule has 3 saturated heterocycles. The fraction of sp³-hybridized carbons (Fsp3) is 1.00.